The summed E-state index contributed by atoms with van der Waals surface area (Å²) in [5, 5.41) is 0. The first-order valence-electron chi connectivity index (χ1n) is 7.84. The van der Waals surface area contributed by atoms with Crippen molar-refractivity contribution in [1.82, 2.24) is 0 Å². The number of rotatable bonds is 6. The Kier molecular flexibility index (Phi) is 5.40. The molecule has 2 aromatic rings. The fraction of sp³-hybridized carbons (Fsp3) is 0.400. The molecule has 0 aromatic heterocycles. The standard InChI is InChI=1S/C20H26/c1-4-11-19(17-12-7-5-8-13-17)20(16(2)3)18-14-9-6-10-15-18/h5-10,12-16,19-20H,4,11H2,1-3H3. The Morgan fingerprint density at radius 3 is 1.70 bits per heavy atom. The molecule has 0 fully saturated rings. The normalized spacial score (nSPS) is 14.2. The van der Waals surface area contributed by atoms with Crippen molar-refractivity contribution in [2.75, 3.05) is 0 Å². The molecule has 0 heteroatoms. The highest BCUT2D eigenvalue weighted by atomic mass is 14.3. The van der Waals surface area contributed by atoms with Crippen molar-refractivity contribution in [3.8, 4) is 0 Å². The van der Waals surface area contributed by atoms with Gasteiger partial charge in [0.05, 0.1) is 0 Å². The van der Waals surface area contributed by atoms with Gasteiger partial charge in [0.15, 0.2) is 0 Å². The molecule has 0 saturated carbocycles. The Bertz CT molecular complexity index is 484. The van der Waals surface area contributed by atoms with Crippen molar-refractivity contribution in [1.29, 1.82) is 0 Å². The van der Waals surface area contributed by atoms with Crippen LogP contribution in [0.4, 0.5) is 0 Å². The summed E-state index contributed by atoms with van der Waals surface area (Å²) >= 11 is 0. The van der Waals surface area contributed by atoms with Gasteiger partial charge in [0, 0.05) is 0 Å². The third-order valence-corrected chi connectivity index (χ3v) is 4.16. The zero-order valence-electron chi connectivity index (χ0n) is 12.9. The molecular formula is C20H26. The predicted molar refractivity (Wildman–Crippen MR) is 88.1 cm³/mol. The summed E-state index contributed by atoms with van der Waals surface area (Å²) in [4.78, 5) is 0. The molecule has 2 aromatic carbocycles. The van der Waals surface area contributed by atoms with Crippen LogP contribution in [0.1, 0.15) is 56.6 Å². The topological polar surface area (TPSA) is 0 Å². The van der Waals surface area contributed by atoms with Crippen LogP contribution >= 0.6 is 0 Å². The molecule has 0 nitrogen and oxygen atoms in total. The highest BCUT2D eigenvalue weighted by molar-refractivity contribution is 5.29. The molecule has 0 bridgehead atoms. The summed E-state index contributed by atoms with van der Waals surface area (Å²) in [7, 11) is 0. The smallest absolute Gasteiger partial charge is 0.00700 e. The van der Waals surface area contributed by atoms with Crippen LogP contribution in [0.25, 0.3) is 0 Å². The second kappa shape index (κ2) is 7.28. The van der Waals surface area contributed by atoms with Crippen molar-refractivity contribution in [3.05, 3.63) is 71.8 Å². The quantitative estimate of drug-likeness (QED) is 0.600. The van der Waals surface area contributed by atoms with Gasteiger partial charge in [0.25, 0.3) is 0 Å². The van der Waals surface area contributed by atoms with E-state index in [-0.39, 0.29) is 0 Å². The van der Waals surface area contributed by atoms with Crippen LogP contribution in [0.15, 0.2) is 60.7 Å². The van der Waals surface area contributed by atoms with Crippen LogP contribution in [0.3, 0.4) is 0 Å². The van der Waals surface area contributed by atoms with E-state index in [2.05, 4.69) is 81.4 Å². The second-order valence-corrected chi connectivity index (χ2v) is 5.99. The van der Waals surface area contributed by atoms with E-state index < -0.39 is 0 Å². The van der Waals surface area contributed by atoms with Gasteiger partial charge in [-0.05, 0) is 35.3 Å². The van der Waals surface area contributed by atoms with E-state index in [4.69, 9.17) is 0 Å². The Morgan fingerprint density at radius 2 is 1.25 bits per heavy atom. The van der Waals surface area contributed by atoms with E-state index in [9.17, 15) is 0 Å². The lowest BCUT2D eigenvalue weighted by Gasteiger charge is -2.31. The zero-order valence-corrected chi connectivity index (χ0v) is 12.9. The minimum absolute atomic E-state index is 0.596. The molecule has 0 aliphatic heterocycles. The summed E-state index contributed by atoms with van der Waals surface area (Å²) in [6.07, 6.45) is 2.48. The molecule has 2 rings (SSSR count). The van der Waals surface area contributed by atoms with Gasteiger partial charge in [-0.2, -0.15) is 0 Å². The lowest BCUT2D eigenvalue weighted by atomic mass is 9.73. The van der Waals surface area contributed by atoms with E-state index in [0.29, 0.717) is 17.8 Å². The fourth-order valence-corrected chi connectivity index (χ4v) is 3.32. The second-order valence-electron chi connectivity index (χ2n) is 5.99. The minimum Gasteiger partial charge on any atom is -0.0654 e. The van der Waals surface area contributed by atoms with Crippen molar-refractivity contribution in [2.24, 2.45) is 5.92 Å². The molecule has 20 heavy (non-hydrogen) atoms. The lowest BCUT2D eigenvalue weighted by molar-refractivity contribution is 0.398. The van der Waals surface area contributed by atoms with Crippen LogP contribution in [0.2, 0.25) is 0 Å². The third-order valence-electron chi connectivity index (χ3n) is 4.16. The SMILES string of the molecule is CCCC(c1ccccc1)C(c1ccccc1)C(C)C. The molecule has 0 radical (unpaired) electrons. The lowest BCUT2D eigenvalue weighted by Crippen LogP contribution is -2.17. The van der Waals surface area contributed by atoms with Crippen LogP contribution < -0.4 is 0 Å². The predicted octanol–water partition coefficient (Wildman–Crippen LogP) is 6.01. The molecule has 0 spiro atoms. The molecule has 0 saturated heterocycles. The van der Waals surface area contributed by atoms with Gasteiger partial charge < -0.3 is 0 Å². The molecule has 2 unspecified atom stereocenters. The summed E-state index contributed by atoms with van der Waals surface area (Å²) in [6.45, 7) is 6.99. The van der Waals surface area contributed by atoms with Gasteiger partial charge >= 0.3 is 0 Å². The molecule has 0 aliphatic rings. The van der Waals surface area contributed by atoms with E-state index >= 15 is 0 Å². The highest BCUT2D eigenvalue weighted by Gasteiger charge is 2.26. The van der Waals surface area contributed by atoms with Gasteiger partial charge in [0.2, 0.25) is 0 Å². The molecule has 0 heterocycles. The van der Waals surface area contributed by atoms with Crippen molar-refractivity contribution >= 4 is 0 Å². The third kappa shape index (κ3) is 3.50. The van der Waals surface area contributed by atoms with Crippen LogP contribution in [-0.2, 0) is 0 Å². The first-order chi connectivity index (χ1) is 9.74. The molecule has 2 atom stereocenters. The van der Waals surface area contributed by atoms with Gasteiger partial charge in [-0.15, -0.1) is 0 Å². The molecular weight excluding hydrogens is 240 g/mol. The highest BCUT2D eigenvalue weighted by Crippen LogP contribution is 2.41. The number of benzene rings is 2. The maximum Gasteiger partial charge on any atom is -0.00700 e. The molecule has 0 N–H and O–H groups in total. The van der Waals surface area contributed by atoms with Crippen molar-refractivity contribution < 1.29 is 0 Å². The van der Waals surface area contributed by atoms with Crippen LogP contribution in [0, 0.1) is 5.92 Å². The van der Waals surface area contributed by atoms with E-state index in [1.165, 1.54) is 24.0 Å². The summed E-state index contributed by atoms with van der Waals surface area (Å²) in [5.41, 5.74) is 2.96. The minimum atomic E-state index is 0.596. The first kappa shape index (κ1) is 14.8. The zero-order chi connectivity index (χ0) is 14.4. The van der Waals surface area contributed by atoms with Gasteiger partial charge in [-0.1, -0.05) is 87.9 Å². The number of hydrogen-bond donors (Lipinski definition) is 0. The Balaban J connectivity index is 2.38. The van der Waals surface area contributed by atoms with Crippen LogP contribution in [0.5, 0.6) is 0 Å². The Hall–Kier alpha value is -1.56. The molecule has 0 aliphatic carbocycles. The Labute approximate surface area is 123 Å². The summed E-state index contributed by atoms with van der Waals surface area (Å²) in [6, 6.07) is 22.0. The van der Waals surface area contributed by atoms with Crippen molar-refractivity contribution in [3.63, 3.8) is 0 Å². The summed E-state index contributed by atoms with van der Waals surface area (Å²) < 4.78 is 0. The molecule has 106 valence electrons. The fourth-order valence-electron chi connectivity index (χ4n) is 3.32. The van der Waals surface area contributed by atoms with Gasteiger partial charge in [-0.3, -0.25) is 0 Å². The van der Waals surface area contributed by atoms with Gasteiger partial charge in [0.1, 0.15) is 0 Å². The maximum atomic E-state index is 2.35. The Morgan fingerprint density at radius 1 is 0.750 bits per heavy atom. The largest absolute Gasteiger partial charge is 0.0654 e. The van der Waals surface area contributed by atoms with E-state index in [1.807, 2.05) is 0 Å². The van der Waals surface area contributed by atoms with Crippen molar-refractivity contribution in [2.45, 2.75) is 45.4 Å². The average Bonchev–Trinajstić information content (AvgIpc) is 2.48. The monoisotopic (exact) mass is 266 g/mol. The van der Waals surface area contributed by atoms with E-state index in [0.717, 1.165) is 0 Å². The van der Waals surface area contributed by atoms with Crippen LogP contribution in [-0.4, -0.2) is 0 Å². The molecule has 0 amide bonds. The summed E-state index contributed by atoms with van der Waals surface area (Å²) in [5.74, 6) is 1.86. The average molecular weight is 266 g/mol. The van der Waals surface area contributed by atoms with Gasteiger partial charge in [-0.25, -0.2) is 0 Å². The first-order valence-corrected chi connectivity index (χ1v) is 7.84. The van der Waals surface area contributed by atoms with E-state index in [1.54, 1.807) is 0 Å². The number of hydrogen-bond acceptors (Lipinski definition) is 0. The maximum absolute atomic E-state index is 2.35.